The second kappa shape index (κ2) is 4.13. The lowest BCUT2D eigenvalue weighted by atomic mass is 9.94. The molecule has 1 aliphatic rings. The number of aryl methyl sites for hydroxylation is 1. The summed E-state index contributed by atoms with van der Waals surface area (Å²) >= 11 is 0. The molecule has 4 nitrogen and oxygen atoms in total. The minimum absolute atomic E-state index is 0.148. The predicted octanol–water partition coefficient (Wildman–Crippen LogP) is 1.13. The van der Waals surface area contributed by atoms with Crippen molar-refractivity contribution in [2.24, 2.45) is 11.8 Å². The second-order valence-electron chi connectivity index (χ2n) is 3.76. The first-order valence-corrected chi connectivity index (χ1v) is 4.90. The van der Waals surface area contributed by atoms with Gasteiger partial charge in [0.2, 0.25) is 0 Å². The van der Waals surface area contributed by atoms with Crippen molar-refractivity contribution in [3.63, 3.8) is 0 Å². The van der Waals surface area contributed by atoms with E-state index in [1.807, 2.05) is 13.0 Å². The van der Waals surface area contributed by atoms with E-state index in [4.69, 9.17) is 15.0 Å². The molecule has 2 atom stereocenters. The Hall–Kier alpha value is -0.840. The van der Waals surface area contributed by atoms with Crippen molar-refractivity contribution in [3.8, 4) is 0 Å². The summed E-state index contributed by atoms with van der Waals surface area (Å²) in [6, 6.07) is 2.16. The number of hydrogen-bond acceptors (Lipinski definition) is 4. The maximum atomic E-state index is 5.55. The van der Waals surface area contributed by atoms with Crippen LogP contribution in [0.3, 0.4) is 0 Å². The van der Waals surface area contributed by atoms with Crippen molar-refractivity contribution in [1.82, 2.24) is 5.43 Å². The molecule has 1 fully saturated rings. The van der Waals surface area contributed by atoms with Crippen molar-refractivity contribution in [1.29, 1.82) is 0 Å². The van der Waals surface area contributed by atoms with Gasteiger partial charge in [0.25, 0.3) is 0 Å². The van der Waals surface area contributed by atoms with Gasteiger partial charge in [0, 0.05) is 18.1 Å². The Labute approximate surface area is 83.4 Å². The summed E-state index contributed by atoms with van der Waals surface area (Å²) < 4.78 is 10.6. The zero-order valence-corrected chi connectivity index (χ0v) is 8.32. The molecular weight excluding hydrogens is 180 g/mol. The van der Waals surface area contributed by atoms with Crippen LogP contribution in [-0.2, 0) is 4.74 Å². The molecule has 0 aliphatic carbocycles. The third-order valence-electron chi connectivity index (χ3n) is 2.73. The van der Waals surface area contributed by atoms with E-state index in [-0.39, 0.29) is 6.04 Å². The summed E-state index contributed by atoms with van der Waals surface area (Å²) in [4.78, 5) is 0. The highest BCUT2D eigenvalue weighted by molar-refractivity contribution is 5.17. The molecule has 14 heavy (non-hydrogen) atoms. The summed E-state index contributed by atoms with van der Waals surface area (Å²) in [5.41, 5.74) is 3.95. The van der Waals surface area contributed by atoms with Crippen molar-refractivity contribution in [2.45, 2.75) is 19.4 Å². The molecule has 1 saturated heterocycles. The minimum Gasteiger partial charge on any atom is -0.469 e. The number of hydrogen-bond donors (Lipinski definition) is 2. The SMILES string of the molecule is Cc1cc(C(NN)C2CCOC2)co1. The Bertz CT molecular complexity index is 292. The van der Waals surface area contributed by atoms with Gasteiger partial charge >= 0.3 is 0 Å². The van der Waals surface area contributed by atoms with E-state index in [9.17, 15) is 0 Å². The van der Waals surface area contributed by atoms with E-state index in [1.165, 1.54) is 0 Å². The Morgan fingerprint density at radius 1 is 1.64 bits per heavy atom. The van der Waals surface area contributed by atoms with Crippen LogP contribution in [0.5, 0.6) is 0 Å². The summed E-state index contributed by atoms with van der Waals surface area (Å²) in [5.74, 6) is 6.92. The normalized spacial score (nSPS) is 24.0. The number of nitrogens with one attached hydrogen (secondary N) is 1. The van der Waals surface area contributed by atoms with Gasteiger partial charge in [-0.15, -0.1) is 0 Å². The molecule has 1 aromatic heterocycles. The van der Waals surface area contributed by atoms with Crippen LogP contribution in [0.25, 0.3) is 0 Å². The van der Waals surface area contributed by atoms with Crippen LogP contribution in [0.15, 0.2) is 16.7 Å². The predicted molar refractivity (Wildman–Crippen MR) is 52.4 cm³/mol. The zero-order chi connectivity index (χ0) is 9.97. The molecule has 0 amide bonds. The highest BCUT2D eigenvalue weighted by Crippen LogP contribution is 2.28. The van der Waals surface area contributed by atoms with Crippen LogP contribution < -0.4 is 11.3 Å². The first kappa shape index (κ1) is 9.71. The molecule has 2 rings (SSSR count). The number of furan rings is 1. The van der Waals surface area contributed by atoms with Gasteiger partial charge < -0.3 is 9.15 Å². The van der Waals surface area contributed by atoms with Gasteiger partial charge in [-0.05, 0) is 19.4 Å². The van der Waals surface area contributed by atoms with Gasteiger partial charge in [-0.2, -0.15) is 0 Å². The van der Waals surface area contributed by atoms with E-state index < -0.39 is 0 Å². The lowest BCUT2D eigenvalue weighted by Gasteiger charge is -2.19. The van der Waals surface area contributed by atoms with E-state index in [0.29, 0.717) is 5.92 Å². The van der Waals surface area contributed by atoms with Gasteiger partial charge in [0.1, 0.15) is 5.76 Å². The highest BCUT2D eigenvalue weighted by atomic mass is 16.5. The van der Waals surface area contributed by atoms with Crippen LogP contribution in [-0.4, -0.2) is 13.2 Å². The molecule has 0 radical (unpaired) electrons. The fourth-order valence-electron chi connectivity index (χ4n) is 1.95. The molecule has 1 aromatic rings. The lowest BCUT2D eigenvalue weighted by molar-refractivity contribution is 0.176. The molecule has 2 heterocycles. The average molecular weight is 196 g/mol. The molecule has 1 aliphatic heterocycles. The van der Waals surface area contributed by atoms with Crippen molar-refractivity contribution in [2.75, 3.05) is 13.2 Å². The fourth-order valence-corrected chi connectivity index (χ4v) is 1.95. The number of nitrogens with two attached hydrogens (primary N) is 1. The Morgan fingerprint density at radius 3 is 3.00 bits per heavy atom. The number of rotatable bonds is 3. The topological polar surface area (TPSA) is 60.4 Å². The summed E-state index contributed by atoms with van der Waals surface area (Å²) in [6.45, 7) is 3.54. The van der Waals surface area contributed by atoms with Crippen LogP contribution >= 0.6 is 0 Å². The third-order valence-corrected chi connectivity index (χ3v) is 2.73. The molecule has 2 unspecified atom stereocenters. The highest BCUT2D eigenvalue weighted by Gasteiger charge is 2.27. The quantitative estimate of drug-likeness (QED) is 0.562. The summed E-state index contributed by atoms with van der Waals surface area (Å²) in [7, 11) is 0. The Kier molecular flexibility index (Phi) is 2.86. The zero-order valence-electron chi connectivity index (χ0n) is 8.32. The molecule has 0 bridgehead atoms. The smallest absolute Gasteiger partial charge is 0.101 e. The van der Waals surface area contributed by atoms with Gasteiger partial charge in [-0.1, -0.05) is 0 Å². The van der Waals surface area contributed by atoms with Crippen LogP contribution in [0.4, 0.5) is 0 Å². The van der Waals surface area contributed by atoms with Crippen molar-refractivity contribution in [3.05, 3.63) is 23.7 Å². The van der Waals surface area contributed by atoms with Crippen LogP contribution in [0.2, 0.25) is 0 Å². The first-order chi connectivity index (χ1) is 6.81. The Balaban J connectivity index is 2.12. The van der Waals surface area contributed by atoms with Gasteiger partial charge in [-0.3, -0.25) is 11.3 Å². The summed E-state index contributed by atoms with van der Waals surface area (Å²) in [5, 5.41) is 0. The number of ether oxygens (including phenoxy) is 1. The molecular formula is C10H16N2O2. The first-order valence-electron chi connectivity index (χ1n) is 4.90. The van der Waals surface area contributed by atoms with Gasteiger partial charge in [0.05, 0.1) is 18.9 Å². The van der Waals surface area contributed by atoms with E-state index in [2.05, 4.69) is 5.43 Å². The van der Waals surface area contributed by atoms with Crippen molar-refractivity contribution < 1.29 is 9.15 Å². The average Bonchev–Trinajstić information content (AvgIpc) is 2.79. The van der Waals surface area contributed by atoms with E-state index in [0.717, 1.165) is 31.0 Å². The largest absolute Gasteiger partial charge is 0.469 e. The van der Waals surface area contributed by atoms with Gasteiger partial charge in [0.15, 0.2) is 0 Å². The van der Waals surface area contributed by atoms with Crippen molar-refractivity contribution >= 4 is 0 Å². The van der Waals surface area contributed by atoms with Crippen LogP contribution in [0.1, 0.15) is 23.8 Å². The number of hydrazine groups is 1. The summed E-state index contributed by atoms with van der Waals surface area (Å²) in [6.07, 6.45) is 2.82. The monoisotopic (exact) mass is 196 g/mol. The maximum absolute atomic E-state index is 5.55. The van der Waals surface area contributed by atoms with E-state index >= 15 is 0 Å². The molecule has 4 heteroatoms. The molecule has 0 saturated carbocycles. The third kappa shape index (κ3) is 1.82. The maximum Gasteiger partial charge on any atom is 0.101 e. The molecule has 3 N–H and O–H groups in total. The standard InChI is InChI=1S/C10H16N2O2/c1-7-4-9(6-14-7)10(12-11)8-2-3-13-5-8/h4,6,8,10,12H,2-3,5,11H2,1H3. The molecule has 78 valence electrons. The fraction of sp³-hybridized carbons (Fsp3) is 0.600. The Morgan fingerprint density at radius 2 is 2.50 bits per heavy atom. The van der Waals surface area contributed by atoms with Crippen LogP contribution in [0, 0.1) is 12.8 Å². The van der Waals surface area contributed by atoms with E-state index in [1.54, 1.807) is 6.26 Å². The second-order valence-corrected chi connectivity index (χ2v) is 3.76. The molecule has 0 spiro atoms. The molecule has 0 aromatic carbocycles. The lowest BCUT2D eigenvalue weighted by Crippen LogP contribution is -2.33. The van der Waals surface area contributed by atoms with Gasteiger partial charge in [-0.25, -0.2) is 0 Å². The minimum atomic E-state index is 0.148.